The Hall–Kier alpha value is -1.78. The van der Waals surface area contributed by atoms with Gasteiger partial charge in [0, 0.05) is 35.8 Å². The van der Waals surface area contributed by atoms with E-state index in [1.54, 1.807) is 7.11 Å². The van der Waals surface area contributed by atoms with E-state index in [1.165, 1.54) is 0 Å². The van der Waals surface area contributed by atoms with E-state index in [0.29, 0.717) is 12.2 Å². The molecular formula is C16H19NO3. The van der Waals surface area contributed by atoms with Crippen LogP contribution in [0, 0.1) is 0 Å². The fourth-order valence-electron chi connectivity index (χ4n) is 2.70. The molecule has 1 atom stereocenters. The van der Waals surface area contributed by atoms with Gasteiger partial charge in [-0.2, -0.15) is 0 Å². The Balaban J connectivity index is 1.99. The molecule has 2 aromatic rings. The van der Waals surface area contributed by atoms with E-state index in [9.17, 15) is 5.11 Å². The average Bonchev–Trinajstić information content (AvgIpc) is 2.51. The van der Waals surface area contributed by atoms with E-state index in [-0.39, 0.29) is 6.10 Å². The van der Waals surface area contributed by atoms with Crippen molar-refractivity contribution in [3.05, 3.63) is 35.9 Å². The van der Waals surface area contributed by atoms with E-state index < -0.39 is 0 Å². The molecule has 0 bridgehead atoms. The molecule has 1 saturated heterocycles. The van der Waals surface area contributed by atoms with Crippen molar-refractivity contribution in [2.45, 2.75) is 12.5 Å². The molecule has 106 valence electrons. The molecule has 0 radical (unpaired) electrons. The van der Waals surface area contributed by atoms with Crippen molar-refractivity contribution in [3.63, 3.8) is 0 Å². The molecule has 1 unspecified atom stereocenters. The number of methoxy groups -OCH3 is 1. The third-order valence-corrected chi connectivity index (χ3v) is 3.73. The number of aromatic hydroxyl groups is 1. The predicted molar refractivity (Wildman–Crippen MR) is 78.5 cm³/mol. The smallest absolute Gasteiger partial charge is 0.127 e. The highest BCUT2D eigenvalue weighted by Crippen LogP contribution is 2.36. The molecule has 4 nitrogen and oxygen atoms in total. The first-order chi connectivity index (χ1) is 9.79. The van der Waals surface area contributed by atoms with Gasteiger partial charge in [-0.15, -0.1) is 0 Å². The number of benzene rings is 2. The van der Waals surface area contributed by atoms with E-state index in [4.69, 9.17) is 9.47 Å². The first-order valence-electron chi connectivity index (χ1n) is 6.89. The summed E-state index contributed by atoms with van der Waals surface area (Å²) in [6, 6.07) is 9.64. The summed E-state index contributed by atoms with van der Waals surface area (Å²) in [4.78, 5) is 0. The summed E-state index contributed by atoms with van der Waals surface area (Å²) in [5.41, 5.74) is 0.870. The number of phenols is 1. The molecule has 0 aliphatic carbocycles. The van der Waals surface area contributed by atoms with E-state index in [0.717, 1.165) is 41.8 Å². The Morgan fingerprint density at radius 1 is 1.35 bits per heavy atom. The van der Waals surface area contributed by atoms with Crippen LogP contribution in [0.2, 0.25) is 0 Å². The second kappa shape index (κ2) is 5.69. The van der Waals surface area contributed by atoms with Crippen LogP contribution in [0.15, 0.2) is 30.3 Å². The zero-order chi connectivity index (χ0) is 13.9. The highest BCUT2D eigenvalue weighted by molar-refractivity contribution is 5.94. The van der Waals surface area contributed by atoms with Crippen molar-refractivity contribution >= 4 is 10.8 Å². The fraction of sp³-hybridized carbons (Fsp3) is 0.375. The van der Waals surface area contributed by atoms with Gasteiger partial charge in [0.05, 0.1) is 19.8 Å². The lowest BCUT2D eigenvalue weighted by atomic mass is 9.99. The molecule has 4 heteroatoms. The molecule has 0 saturated carbocycles. The van der Waals surface area contributed by atoms with Crippen LogP contribution >= 0.6 is 0 Å². The van der Waals surface area contributed by atoms with Gasteiger partial charge in [-0.1, -0.05) is 24.3 Å². The van der Waals surface area contributed by atoms with E-state index >= 15 is 0 Å². The number of fused-ring (bicyclic) bond motifs is 1. The minimum absolute atomic E-state index is 0.0977. The van der Waals surface area contributed by atoms with Gasteiger partial charge >= 0.3 is 0 Å². The maximum Gasteiger partial charge on any atom is 0.127 e. The van der Waals surface area contributed by atoms with Crippen LogP contribution in [0.3, 0.4) is 0 Å². The number of rotatable bonds is 3. The Morgan fingerprint density at radius 3 is 2.85 bits per heavy atom. The van der Waals surface area contributed by atoms with Gasteiger partial charge in [-0.05, 0) is 6.07 Å². The standard InChI is InChI=1S/C16H19NO3/c1-19-15-9-11(8-12-10-17-6-7-20-12)16(18)14-5-3-2-4-13(14)15/h2-5,9,12,17-18H,6-8,10H2,1H3. The van der Waals surface area contributed by atoms with Gasteiger partial charge in [0.25, 0.3) is 0 Å². The SMILES string of the molecule is COc1cc(CC2CNCCO2)c(O)c2ccccc12. The van der Waals surface area contributed by atoms with Gasteiger partial charge in [0.15, 0.2) is 0 Å². The molecule has 0 aromatic heterocycles. The van der Waals surface area contributed by atoms with Gasteiger partial charge in [-0.3, -0.25) is 0 Å². The van der Waals surface area contributed by atoms with Gasteiger partial charge < -0.3 is 19.9 Å². The molecule has 1 heterocycles. The Kier molecular flexibility index (Phi) is 3.76. The van der Waals surface area contributed by atoms with Crippen LogP contribution in [0.25, 0.3) is 10.8 Å². The molecule has 2 aromatic carbocycles. The van der Waals surface area contributed by atoms with Crippen molar-refractivity contribution in [3.8, 4) is 11.5 Å². The minimum atomic E-state index is 0.0977. The number of hydrogen-bond donors (Lipinski definition) is 2. The van der Waals surface area contributed by atoms with Crippen LogP contribution in [0.4, 0.5) is 0 Å². The molecule has 1 aliphatic rings. The molecule has 1 fully saturated rings. The first-order valence-corrected chi connectivity index (χ1v) is 6.89. The van der Waals surface area contributed by atoms with Crippen molar-refractivity contribution in [2.75, 3.05) is 26.8 Å². The summed E-state index contributed by atoms with van der Waals surface area (Å²) in [6.07, 6.45) is 0.778. The van der Waals surface area contributed by atoms with Crippen LogP contribution in [-0.2, 0) is 11.2 Å². The van der Waals surface area contributed by atoms with Crippen molar-refractivity contribution in [2.24, 2.45) is 0 Å². The number of phenolic OH excluding ortho intramolecular Hbond substituents is 1. The van der Waals surface area contributed by atoms with Gasteiger partial charge in [0.1, 0.15) is 11.5 Å². The van der Waals surface area contributed by atoms with Crippen molar-refractivity contribution < 1.29 is 14.6 Å². The lowest BCUT2D eigenvalue weighted by Gasteiger charge is -2.24. The topological polar surface area (TPSA) is 50.7 Å². The number of hydrogen-bond acceptors (Lipinski definition) is 4. The molecule has 20 heavy (non-hydrogen) atoms. The molecular weight excluding hydrogens is 254 g/mol. The third-order valence-electron chi connectivity index (χ3n) is 3.73. The second-order valence-electron chi connectivity index (χ2n) is 5.03. The fourth-order valence-corrected chi connectivity index (χ4v) is 2.70. The lowest BCUT2D eigenvalue weighted by molar-refractivity contribution is 0.0289. The van der Waals surface area contributed by atoms with Crippen molar-refractivity contribution in [1.29, 1.82) is 0 Å². The normalized spacial score (nSPS) is 19.1. The first kappa shape index (κ1) is 13.2. The lowest BCUT2D eigenvalue weighted by Crippen LogP contribution is -2.39. The second-order valence-corrected chi connectivity index (χ2v) is 5.03. The molecule has 3 rings (SSSR count). The van der Waals surface area contributed by atoms with E-state index in [1.807, 2.05) is 30.3 Å². The third kappa shape index (κ3) is 2.44. The summed E-state index contributed by atoms with van der Waals surface area (Å²) >= 11 is 0. The van der Waals surface area contributed by atoms with E-state index in [2.05, 4.69) is 5.32 Å². The van der Waals surface area contributed by atoms with Gasteiger partial charge in [-0.25, -0.2) is 0 Å². The van der Waals surface area contributed by atoms with Crippen LogP contribution in [-0.4, -0.2) is 38.0 Å². The largest absolute Gasteiger partial charge is 0.507 e. The molecule has 0 amide bonds. The summed E-state index contributed by atoms with van der Waals surface area (Å²) in [5, 5.41) is 15.5. The Morgan fingerprint density at radius 2 is 2.15 bits per heavy atom. The zero-order valence-corrected chi connectivity index (χ0v) is 11.6. The Bertz CT molecular complexity index is 606. The maximum atomic E-state index is 10.5. The Labute approximate surface area is 118 Å². The summed E-state index contributed by atoms with van der Waals surface area (Å²) < 4.78 is 11.2. The zero-order valence-electron chi connectivity index (χ0n) is 11.6. The predicted octanol–water partition coefficient (Wildman–Crippen LogP) is 2.08. The van der Waals surface area contributed by atoms with Gasteiger partial charge in [0.2, 0.25) is 0 Å². The van der Waals surface area contributed by atoms with Crippen molar-refractivity contribution in [1.82, 2.24) is 5.32 Å². The van der Waals surface area contributed by atoms with Crippen LogP contribution < -0.4 is 10.1 Å². The minimum Gasteiger partial charge on any atom is -0.507 e. The number of ether oxygens (including phenoxy) is 2. The molecule has 0 spiro atoms. The monoisotopic (exact) mass is 273 g/mol. The highest BCUT2D eigenvalue weighted by atomic mass is 16.5. The average molecular weight is 273 g/mol. The summed E-state index contributed by atoms with van der Waals surface area (Å²) in [7, 11) is 1.65. The van der Waals surface area contributed by atoms with Crippen LogP contribution in [0.5, 0.6) is 11.5 Å². The maximum absolute atomic E-state index is 10.5. The number of morpholine rings is 1. The summed E-state index contributed by atoms with van der Waals surface area (Å²) in [5.74, 6) is 1.12. The molecule has 2 N–H and O–H groups in total. The highest BCUT2D eigenvalue weighted by Gasteiger charge is 2.18. The quantitative estimate of drug-likeness (QED) is 0.899. The van der Waals surface area contributed by atoms with Crippen LogP contribution in [0.1, 0.15) is 5.56 Å². The number of nitrogens with one attached hydrogen (secondary N) is 1. The summed E-state index contributed by atoms with van der Waals surface area (Å²) in [6.45, 7) is 2.42. The molecule has 1 aliphatic heterocycles.